The molecular formula is C16H32. The third kappa shape index (κ3) is 10.3. The molecule has 0 heteroatoms. The Hall–Kier alpha value is -0.260. The van der Waals surface area contributed by atoms with Gasteiger partial charge in [0.25, 0.3) is 0 Å². The standard InChI is InChI=1S/C16H32/c1-4-7-9-11-14-16(13-6-3)15-12-10-8-5-2/h6,13,16H,4-5,7-12,14-15H2,1-3H3/b13-6+. The van der Waals surface area contributed by atoms with Crippen molar-refractivity contribution in [3.8, 4) is 0 Å². The topological polar surface area (TPSA) is 0 Å². The van der Waals surface area contributed by atoms with E-state index in [-0.39, 0.29) is 0 Å². The fraction of sp³-hybridized carbons (Fsp3) is 0.875. The minimum absolute atomic E-state index is 0.860. The molecule has 0 aromatic carbocycles. The van der Waals surface area contributed by atoms with Crippen LogP contribution in [0.4, 0.5) is 0 Å². The molecule has 0 aromatic heterocycles. The van der Waals surface area contributed by atoms with Gasteiger partial charge in [-0.1, -0.05) is 77.4 Å². The van der Waals surface area contributed by atoms with Gasteiger partial charge in [0.15, 0.2) is 0 Å². The quantitative estimate of drug-likeness (QED) is 0.293. The zero-order chi connectivity index (χ0) is 12.1. The molecule has 0 N–H and O–H groups in total. The summed E-state index contributed by atoms with van der Waals surface area (Å²) in [7, 11) is 0. The molecule has 0 aliphatic carbocycles. The van der Waals surface area contributed by atoms with Gasteiger partial charge in [-0.05, 0) is 25.7 Å². The second kappa shape index (κ2) is 12.8. The molecule has 0 radical (unpaired) electrons. The van der Waals surface area contributed by atoms with E-state index in [2.05, 4.69) is 32.9 Å². The number of hydrogen-bond acceptors (Lipinski definition) is 0. The Morgan fingerprint density at radius 1 is 0.750 bits per heavy atom. The molecular weight excluding hydrogens is 192 g/mol. The lowest BCUT2D eigenvalue weighted by atomic mass is 9.94. The minimum Gasteiger partial charge on any atom is -0.0914 e. The first kappa shape index (κ1) is 15.7. The molecule has 0 amide bonds. The van der Waals surface area contributed by atoms with Crippen molar-refractivity contribution in [2.24, 2.45) is 5.92 Å². The van der Waals surface area contributed by atoms with Gasteiger partial charge in [-0.2, -0.15) is 0 Å². The molecule has 0 spiro atoms. The lowest BCUT2D eigenvalue weighted by Gasteiger charge is -2.12. The Kier molecular flexibility index (Phi) is 12.6. The predicted molar refractivity (Wildman–Crippen MR) is 75.8 cm³/mol. The summed E-state index contributed by atoms with van der Waals surface area (Å²) in [5.41, 5.74) is 0. The molecule has 96 valence electrons. The van der Waals surface area contributed by atoms with Crippen LogP contribution in [-0.2, 0) is 0 Å². The van der Waals surface area contributed by atoms with E-state index >= 15 is 0 Å². The van der Waals surface area contributed by atoms with Crippen molar-refractivity contribution in [2.45, 2.75) is 85.0 Å². The van der Waals surface area contributed by atoms with Gasteiger partial charge >= 0.3 is 0 Å². The van der Waals surface area contributed by atoms with Gasteiger partial charge < -0.3 is 0 Å². The first-order chi connectivity index (χ1) is 7.85. The molecule has 0 fully saturated rings. The van der Waals surface area contributed by atoms with Crippen LogP contribution in [0.5, 0.6) is 0 Å². The van der Waals surface area contributed by atoms with Crippen molar-refractivity contribution >= 4 is 0 Å². The molecule has 0 saturated heterocycles. The maximum absolute atomic E-state index is 2.43. The summed E-state index contributed by atoms with van der Waals surface area (Å²) >= 11 is 0. The van der Waals surface area contributed by atoms with E-state index in [1.54, 1.807) is 0 Å². The largest absolute Gasteiger partial charge is 0.0914 e. The normalized spacial score (nSPS) is 11.8. The minimum atomic E-state index is 0.860. The van der Waals surface area contributed by atoms with E-state index in [1.807, 2.05) is 0 Å². The van der Waals surface area contributed by atoms with E-state index in [0.29, 0.717) is 0 Å². The van der Waals surface area contributed by atoms with Crippen molar-refractivity contribution in [3.05, 3.63) is 12.2 Å². The zero-order valence-electron chi connectivity index (χ0n) is 11.8. The summed E-state index contributed by atoms with van der Waals surface area (Å²) in [4.78, 5) is 0. The van der Waals surface area contributed by atoms with Gasteiger partial charge in [-0.15, -0.1) is 0 Å². The van der Waals surface area contributed by atoms with Gasteiger partial charge in [0.2, 0.25) is 0 Å². The first-order valence-corrected chi connectivity index (χ1v) is 7.47. The second-order valence-electron chi connectivity index (χ2n) is 4.98. The Morgan fingerprint density at radius 3 is 1.62 bits per heavy atom. The summed E-state index contributed by atoms with van der Waals surface area (Å²) < 4.78 is 0. The van der Waals surface area contributed by atoms with Crippen LogP contribution in [0.15, 0.2) is 12.2 Å². The fourth-order valence-electron chi connectivity index (χ4n) is 2.28. The maximum atomic E-state index is 2.43. The van der Waals surface area contributed by atoms with E-state index in [0.717, 1.165) is 5.92 Å². The van der Waals surface area contributed by atoms with Crippen molar-refractivity contribution in [2.75, 3.05) is 0 Å². The predicted octanol–water partition coefficient (Wildman–Crippen LogP) is 6.12. The molecule has 0 nitrogen and oxygen atoms in total. The molecule has 0 aliphatic rings. The molecule has 16 heavy (non-hydrogen) atoms. The van der Waals surface area contributed by atoms with Gasteiger partial charge in [-0.25, -0.2) is 0 Å². The summed E-state index contributed by atoms with van der Waals surface area (Å²) in [6, 6.07) is 0. The highest BCUT2D eigenvalue weighted by Crippen LogP contribution is 2.19. The monoisotopic (exact) mass is 224 g/mol. The van der Waals surface area contributed by atoms with Crippen molar-refractivity contribution < 1.29 is 0 Å². The third-order valence-corrected chi connectivity index (χ3v) is 3.32. The second-order valence-corrected chi connectivity index (χ2v) is 4.98. The van der Waals surface area contributed by atoms with Crippen LogP contribution in [0, 0.1) is 5.92 Å². The molecule has 0 atom stereocenters. The average Bonchev–Trinajstić information content (AvgIpc) is 2.30. The SMILES string of the molecule is C/C=C/C(CCCCCC)CCCCCC. The molecule has 0 aromatic rings. The summed E-state index contributed by atoms with van der Waals surface area (Å²) in [5, 5.41) is 0. The van der Waals surface area contributed by atoms with Crippen LogP contribution >= 0.6 is 0 Å². The van der Waals surface area contributed by atoms with Crippen LogP contribution < -0.4 is 0 Å². The van der Waals surface area contributed by atoms with Crippen LogP contribution in [0.25, 0.3) is 0 Å². The van der Waals surface area contributed by atoms with Gasteiger partial charge in [0.05, 0.1) is 0 Å². The Balaban J connectivity index is 3.54. The molecule has 0 rings (SSSR count). The highest BCUT2D eigenvalue weighted by molar-refractivity contribution is 4.85. The number of hydrogen-bond donors (Lipinski definition) is 0. The molecule has 0 unspecified atom stereocenters. The fourth-order valence-corrected chi connectivity index (χ4v) is 2.28. The number of allylic oxidation sites excluding steroid dienone is 2. The van der Waals surface area contributed by atoms with E-state index in [4.69, 9.17) is 0 Å². The number of rotatable bonds is 11. The lowest BCUT2D eigenvalue weighted by molar-refractivity contribution is 0.473. The smallest absolute Gasteiger partial charge is 0.0234 e. The van der Waals surface area contributed by atoms with Crippen LogP contribution in [0.1, 0.15) is 85.0 Å². The summed E-state index contributed by atoms with van der Waals surface area (Å²) in [6.07, 6.45) is 18.7. The van der Waals surface area contributed by atoms with Crippen molar-refractivity contribution in [1.82, 2.24) is 0 Å². The van der Waals surface area contributed by atoms with Crippen LogP contribution in [-0.4, -0.2) is 0 Å². The molecule has 0 bridgehead atoms. The van der Waals surface area contributed by atoms with Gasteiger partial charge in [0, 0.05) is 0 Å². The van der Waals surface area contributed by atoms with E-state index < -0.39 is 0 Å². The van der Waals surface area contributed by atoms with Crippen molar-refractivity contribution in [1.29, 1.82) is 0 Å². The highest BCUT2D eigenvalue weighted by Gasteiger charge is 2.03. The summed E-state index contributed by atoms with van der Waals surface area (Å²) in [5.74, 6) is 0.860. The molecule has 0 aliphatic heterocycles. The zero-order valence-corrected chi connectivity index (χ0v) is 11.8. The van der Waals surface area contributed by atoms with E-state index in [9.17, 15) is 0 Å². The van der Waals surface area contributed by atoms with E-state index in [1.165, 1.54) is 64.2 Å². The maximum Gasteiger partial charge on any atom is -0.0234 e. The highest BCUT2D eigenvalue weighted by atomic mass is 14.1. The van der Waals surface area contributed by atoms with Crippen LogP contribution in [0.2, 0.25) is 0 Å². The number of unbranched alkanes of at least 4 members (excludes halogenated alkanes) is 6. The van der Waals surface area contributed by atoms with Crippen molar-refractivity contribution in [3.63, 3.8) is 0 Å². The average molecular weight is 224 g/mol. The van der Waals surface area contributed by atoms with Gasteiger partial charge in [0.1, 0.15) is 0 Å². The Bertz CT molecular complexity index is 134. The summed E-state index contributed by atoms with van der Waals surface area (Å²) in [6.45, 7) is 6.73. The van der Waals surface area contributed by atoms with Gasteiger partial charge in [-0.3, -0.25) is 0 Å². The lowest BCUT2D eigenvalue weighted by Crippen LogP contribution is -1.97. The third-order valence-electron chi connectivity index (χ3n) is 3.32. The Labute approximate surface area is 104 Å². The first-order valence-electron chi connectivity index (χ1n) is 7.47. The molecule has 0 saturated carbocycles. The Morgan fingerprint density at radius 2 is 1.25 bits per heavy atom. The molecule has 0 heterocycles. The van der Waals surface area contributed by atoms with Crippen LogP contribution in [0.3, 0.4) is 0 Å².